The Morgan fingerprint density at radius 1 is 0.750 bits per heavy atom. The van der Waals surface area contributed by atoms with E-state index in [4.69, 9.17) is 0 Å². The van der Waals surface area contributed by atoms with Crippen LogP contribution in [0, 0.1) is 0 Å². The molecule has 2 aromatic carbocycles. The minimum atomic E-state index is -0.237. The molecule has 0 unspecified atom stereocenters. The molecule has 0 heterocycles. The second kappa shape index (κ2) is 11.1. The van der Waals surface area contributed by atoms with Gasteiger partial charge >= 0.3 is 0 Å². The molecule has 0 aliphatic carbocycles. The summed E-state index contributed by atoms with van der Waals surface area (Å²) in [7, 11) is 0. The predicted octanol–water partition coefficient (Wildman–Crippen LogP) is 2.91. The Kier molecular flexibility index (Phi) is 8.79. The van der Waals surface area contributed by atoms with Crippen molar-refractivity contribution in [2.24, 2.45) is 0 Å². The van der Waals surface area contributed by atoms with E-state index in [1.165, 1.54) is 0 Å². The second-order valence-corrected chi connectivity index (χ2v) is 7.37. The van der Waals surface area contributed by atoms with Crippen molar-refractivity contribution in [3.8, 4) is 11.5 Å². The van der Waals surface area contributed by atoms with Gasteiger partial charge in [-0.15, -0.1) is 0 Å². The molecular weight excluding hydrogens is 492 g/mol. The van der Waals surface area contributed by atoms with Crippen LogP contribution in [0.1, 0.15) is 22.3 Å². The number of phenols is 2. The smallest absolute Gasteiger partial charge is 0.224 e. The minimum absolute atomic E-state index is 0.0633. The van der Waals surface area contributed by atoms with Gasteiger partial charge in [-0.1, -0.05) is 56.1 Å². The highest BCUT2D eigenvalue weighted by atomic mass is 79.9. The number of hydrogen-bond acceptors (Lipinski definition) is 4. The third-order valence-corrected chi connectivity index (χ3v) is 5.36. The van der Waals surface area contributed by atoms with Crippen LogP contribution in [0.25, 0.3) is 0 Å². The maximum atomic E-state index is 12.0. The third kappa shape index (κ3) is 6.83. The van der Waals surface area contributed by atoms with Gasteiger partial charge in [-0.05, 0) is 23.3 Å². The van der Waals surface area contributed by atoms with Crippen LogP contribution in [-0.4, -0.2) is 35.1 Å². The molecule has 2 aromatic rings. The lowest BCUT2D eigenvalue weighted by molar-refractivity contribution is -0.122. The number of halogens is 2. The Morgan fingerprint density at radius 2 is 1.14 bits per heavy atom. The quantitative estimate of drug-likeness (QED) is 0.306. The summed E-state index contributed by atoms with van der Waals surface area (Å²) in [5, 5.41) is 26.4. The summed E-state index contributed by atoms with van der Waals surface area (Å²) in [5.41, 5.74) is 3.06. The van der Waals surface area contributed by atoms with E-state index in [0.29, 0.717) is 21.8 Å². The number of hydrogen-bond donors (Lipinski definition) is 4. The zero-order chi connectivity index (χ0) is 20.5. The summed E-state index contributed by atoms with van der Waals surface area (Å²) >= 11 is 6.69. The van der Waals surface area contributed by atoms with Crippen LogP contribution in [-0.2, 0) is 33.1 Å². The third-order valence-electron chi connectivity index (χ3n) is 4.07. The number of carbonyl (C=O) groups is 2. The van der Waals surface area contributed by atoms with Gasteiger partial charge in [-0.25, -0.2) is 0 Å². The Bertz CT molecular complexity index is 773. The van der Waals surface area contributed by atoms with Crippen molar-refractivity contribution in [2.45, 2.75) is 23.5 Å². The van der Waals surface area contributed by atoms with Gasteiger partial charge in [0.2, 0.25) is 11.8 Å². The van der Waals surface area contributed by atoms with Gasteiger partial charge in [0.15, 0.2) is 0 Å². The number of phenolic OH excluding ortho intramolecular Hbond substituents is 2. The summed E-state index contributed by atoms with van der Waals surface area (Å²) < 4.78 is 0. The molecule has 0 fully saturated rings. The van der Waals surface area contributed by atoms with E-state index in [0.717, 1.165) is 11.1 Å². The normalized spacial score (nSPS) is 10.5. The molecule has 4 N–H and O–H groups in total. The molecule has 0 radical (unpaired) electrons. The van der Waals surface area contributed by atoms with E-state index in [1.807, 2.05) is 0 Å². The summed E-state index contributed by atoms with van der Waals surface area (Å²) in [6, 6.07) is 10.3. The molecule has 0 atom stereocenters. The van der Waals surface area contributed by atoms with Crippen molar-refractivity contribution >= 4 is 43.7 Å². The number of rotatable bonds is 9. The van der Waals surface area contributed by atoms with E-state index in [-0.39, 0.29) is 49.2 Å². The van der Waals surface area contributed by atoms with Gasteiger partial charge in [0, 0.05) is 34.9 Å². The molecule has 150 valence electrons. The zero-order valence-electron chi connectivity index (χ0n) is 15.2. The van der Waals surface area contributed by atoms with Gasteiger partial charge in [0.1, 0.15) is 11.5 Å². The van der Waals surface area contributed by atoms with Crippen molar-refractivity contribution in [1.82, 2.24) is 10.6 Å². The van der Waals surface area contributed by atoms with Crippen molar-refractivity contribution in [3.05, 3.63) is 58.7 Å². The van der Waals surface area contributed by atoms with Crippen molar-refractivity contribution in [3.63, 3.8) is 0 Å². The molecule has 0 bridgehead atoms. The fourth-order valence-corrected chi connectivity index (χ4v) is 3.30. The first-order chi connectivity index (χ1) is 13.4. The Balaban J connectivity index is 1.75. The Morgan fingerprint density at radius 3 is 1.50 bits per heavy atom. The largest absolute Gasteiger partial charge is 0.508 e. The number of carbonyl (C=O) groups excluding carboxylic acids is 2. The molecule has 0 aliphatic rings. The molecule has 0 spiro atoms. The Hall–Kier alpha value is -2.06. The van der Waals surface area contributed by atoms with Crippen LogP contribution in [0.4, 0.5) is 0 Å². The first kappa shape index (κ1) is 22.2. The lowest BCUT2D eigenvalue weighted by Gasteiger charge is -2.10. The van der Waals surface area contributed by atoms with Crippen LogP contribution >= 0.6 is 31.9 Å². The summed E-state index contributed by atoms with van der Waals surface area (Å²) in [4.78, 5) is 24.1. The lowest BCUT2D eigenvalue weighted by atomic mass is 10.1. The summed E-state index contributed by atoms with van der Waals surface area (Å²) in [6.45, 7) is 0.549. The van der Waals surface area contributed by atoms with E-state index in [1.54, 1.807) is 36.4 Å². The maximum absolute atomic E-state index is 12.0. The van der Waals surface area contributed by atoms with Gasteiger partial charge in [0.05, 0.1) is 12.8 Å². The van der Waals surface area contributed by atoms with Gasteiger partial charge in [-0.3, -0.25) is 9.59 Å². The molecule has 0 saturated heterocycles. The monoisotopic (exact) mass is 512 g/mol. The molecule has 0 aromatic heterocycles. The minimum Gasteiger partial charge on any atom is -0.508 e. The highest BCUT2D eigenvalue weighted by Gasteiger charge is 2.10. The molecule has 6 nitrogen and oxygen atoms in total. The topological polar surface area (TPSA) is 98.7 Å². The van der Waals surface area contributed by atoms with Crippen molar-refractivity contribution in [2.75, 3.05) is 13.1 Å². The maximum Gasteiger partial charge on any atom is 0.224 e. The molecule has 2 rings (SSSR count). The van der Waals surface area contributed by atoms with Gasteiger partial charge < -0.3 is 20.8 Å². The average Bonchev–Trinajstić information content (AvgIpc) is 2.68. The zero-order valence-corrected chi connectivity index (χ0v) is 18.3. The van der Waals surface area contributed by atoms with Crippen LogP contribution in [0.15, 0.2) is 36.4 Å². The molecule has 8 heteroatoms. The Labute approximate surface area is 180 Å². The summed E-state index contributed by atoms with van der Waals surface area (Å²) in [6.07, 6.45) is 0.127. The van der Waals surface area contributed by atoms with E-state index in [2.05, 4.69) is 42.5 Å². The fourth-order valence-electron chi connectivity index (χ4n) is 2.60. The number of amides is 2. The lowest BCUT2D eigenvalue weighted by Crippen LogP contribution is -2.36. The molecule has 2 amide bonds. The molecule has 28 heavy (non-hydrogen) atoms. The summed E-state index contributed by atoms with van der Waals surface area (Å²) in [5.74, 6) is -0.310. The number of nitrogens with one attached hydrogen (secondary N) is 2. The SMILES string of the molecule is O=C(Cc1cc(CBr)ccc1O)NCCNC(=O)Cc1cc(CBr)ccc1O. The first-order valence-electron chi connectivity index (χ1n) is 8.69. The van der Waals surface area contributed by atoms with Crippen LogP contribution in [0.3, 0.4) is 0 Å². The van der Waals surface area contributed by atoms with Crippen LogP contribution in [0.5, 0.6) is 11.5 Å². The molecule has 0 aliphatic heterocycles. The van der Waals surface area contributed by atoms with Crippen LogP contribution < -0.4 is 10.6 Å². The average molecular weight is 514 g/mol. The fraction of sp³-hybridized carbons (Fsp3) is 0.300. The van der Waals surface area contributed by atoms with Crippen molar-refractivity contribution < 1.29 is 19.8 Å². The highest BCUT2D eigenvalue weighted by molar-refractivity contribution is 9.08. The van der Waals surface area contributed by atoms with Gasteiger partial charge in [-0.2, -0.15) is 0 Å². The van der Waals surface area contributed by atoms with Gasteiger partial charge in [0.25, 0.3) is 0 Å². The van der Waals surface area contributed by atoms with E-state index >= 15 is 0 Å². The number of benzene rings is 2. The molecule has 0 saturated carbocycles. The number of alkyl halides is 2. The van der Waals surface area contributed by atoms with Crippen molar-refractivity contribution in [1.29, 1.82) is 0 Å². The second-order valence-electron chi connectivity index (χ2n) is 6.25. The van der Waals surface area contributed by atoms with E-state index in [9.17, 15) is 19.8 Å². The van der Waals surface area contributed by atoms with Crippen LogP contribution in [0.2, 0.25) is 0 Å². The first-order valence-corrected chi connectivity index (χ1v) is 10.9. The number of aromatic hydroxyl groups is 2. The highest BCUT2D eigenvalue weighted by Crippen LogP contribution is 2.21. The standard InChI is InChI=1S/C20H22Br2N2O4/c21-11-13-1-3-17(25)15(7-13)9-19(27)23-5-6-24-20(28)10-16-8-14(12-22)2-4-18(16)26/h1-4,7-8,25-26H,5-6,9-12H2,(H,23,27)(H,24,28). The predicted molar refractivity (Wildman–Crippen MR) is 115 cm³/mol. The molecular formula is C20H22Br2N2O4. The van der Waals surface area contributed by atoms with E-state index < -0.39 is 0 Å².